The van der Waals surface area contributed by atoms with Gasteiger partial charge in [-0.25, -0.2) is 0 Å². The largest absolute Gasteiger partial charge is 0.496 e. The Bertz CT molecular complexity index is 424. The highest BCUT2D eigenvalue weighted by atomic mass is 16.5. The number of ether oxygens (including phenoxy) is 2. The van der Waals surface area contributed by atoms with Crippen LogP contribution < -0.4 is 10.1 Å². The van der Waals surface area contributed by atoms with Crippen molar-refractivity contribution in [3.05, 3.63) is 29.8 Å². The quantitative estimate of drug-likeness (QED) is 0.853. The lowest BCUT2D eigenvalue weighted by Gasteiger charge is -2.28. The summed E-state index contributed by atoms with van der Waals surface area (Å²) in [6.07, 6.45) is 0.560. The highest BCUT2D eigenvalue weighted by Crippen LogP contribution is 2.28. The van der Waals surface area contributed by atoms with Crippen molar-refractivity contribution in [2.24, 2.45) is 0 Å². The summed E-state index contributed by atoms with van der Waals surface area (Å²) in [6.45, 7) is 5.14. The second-order valence-electron chi connectivity index (χ2n) is 5.21. The van der Waals surface area contributed by atoms with E-state index in [2.05, 4.69) is 12.2 Å². The van der Waals surface area contributed by atoms with Gasteiger partial charge < -0.3 is 19.9 Å². The summed E-state index contributed by atoms with van der Waals surface area (Å²) >= 11 is 0. The van der Waals surface area contributed by atoms with E-state index in [0.717, 1.165) is 11.3 Å². The number of rotatable bonds is 5. The number of para-hydroxylation sites is 1. The van der Waals surface area contributed by atoms with E-state index in [4.69, 9.17) is 9.47 Å². The van der Waals surface area contributed by atoms with E-state index in [1.54, 1.807) is 7.11 Å². The van der Waals surface area contributed by atoms with E-state index in [1.165, 1.54) is 0 Å². The number of hydrogen-bond donors (Lipinski definition) is 2. The molecule has 0 saturated carbocycles. The molecule has 2 N–H and O–H groups in total. The molecule has 1 fully saturated rings. The number of hydrogen-bond acceptors (Lipinski definition) is 4. The molecule has 2 rings (SSSR count). The predicted octanol–water partition coefficient (Wildman–Crippen LogP) is 1.89. The molecule has 4 nitrogen and oxygen atoms in total. The maximum absolute atomic E-state index is 10.5. The molecule has 0 bridgehead atoms. The van der Waals surface area contributed by atoms with Gasteiger partial charge in [-0.1, -0.05) is 18.2 Å². The SMILES string of the molecule is COc1ccccc1C(C)NCC1(O)CCOC1C. The Morgan fingerprint density at radius 3 is 2.89 bits per heavy atom. The zero-order chi connectivity index (χ0) is 13.9. The first-order valence-corrected chi connectivity index (χ1v) is 6.77. The third kappa shape index (κ3) is 3.08. The fraction of sp³-hybridized carbons (Fsp3) is 0.600. The van der Waals surface area contributed by atoms with E-state index in [9.17, 15) is 5.11 Å². The molecule has 1 heterocycles. The maximum atomic E-state index is 10.5. The first-order valence-electron chi connectivity index (χ1n) is 6.77. The van der Waals surface area contributed by atoms with Crippen molar-refractivity contribution in [1.29, 1.82) is 0 Å². The summed E-state index contributed by atoms with van der Waals surface area (Å²) in [6, 6.07) is 8.05. The molecular weight excluding hydrogens is 242 g/mol. The third-order valence-electron chi connectivity index (χ3n) is 3.98. The molecule has 0 aliphatic carbocycles. The van der Waals surface area contributed by atoms with Crippen molar-refractivity contribution in [1.82, 2.24) is 5.32 Å². The topological polar surface area (TPSA) is 50.7 Å². The zero-order valence-electron chi connectivity index (χ0n) is 11.8. The first-order chi connectivity index (χ1) is 9.07. The van der Waals surface area contributed by atoms with Gasteiger partial charge in [0, 0.05) is 31.2 Å². The van der Waals surface area contributed by atoms with E-state index in [-0.39, 0.29) is 12.1 Å². The van der Waals surface area contributed by atoms with Crippen LogP contribution in [0, 0.1) is 0 Å². The number of aliphatic hydroxyl groups is 1. The van der Waals surface area contributed by atoms with E-state index in [0.29, 0.717) is 19.6 Å². The Balaban J connectivity index is 1.99. The summed E-state index contributed by atoms with van der Waals surface area (Å²) in [5.74, 6) is 0.866. The highest BCUT2D eigenvalue weighted by molar-refractivity contribution is 5.35. The Hall–Kier alpha value is -1.10. The fourth-order valence-corrected chi connectivity index (χ4v) is 2.47. The van der Waals surface area contributed by atoms with Gasteiger partial charge in [-0.15, -0.1) is 0 Å². The molecule has 1 aromatic rings. The lowest BCUT2D eigenvalue weighted by molar-refractivity contribution is -0.0274. The van der Waals surface area contributed by atoms with Crippen molar-refractivity contribution < 1.29 is 14.6 Å². The lowest BCUT2D eigenvalue weighted by Crippen LogP contribution is -2.46. The van der Waals surface area contributed by atoms with Crippen molar-refractivity contribution in [3.8, 4) is 5.75 Å². The summed E-state index contributed by atoms with van der Waals surface area (Å²) in [5.41, 5.74) is 0.330. The molecule has 0 radical (unpaired) electrons. The minimum Gasteiger partial charge on any atom is -0.496 e. The maximum Gasteiger partial charge on any atom is 0.123 e. The molecule has 0 spiro atoms. The van der Waals surface area contributed by atoms with Crippen LogP contribution in [0.3, 0.4) is 0 Å². The summed E-state index contributed by atoms with van der Waals surface area (Å²) in [7, 11) is 1.67. The minimum absolute atomic E-state index is 0.118. The molecule has 1 aliphatic heterocycles. The molecule has 106 valence electrons. The van der Waals surface area contributed by atoms with Gasteiger partial charge in [0.25, 0.3) is 0 Å². The summed E-state index contributed by atoms with van der Waals surface area (Å²) in [5, 5.41) is 13.8. The molecular formula is C15H23NO3. The molecule has 0 amide bonds. The van der Waals surface area contributed by atoms with Crippen LogP contribution in [0.5, 0.6) is 5.75 Å². The monoisotopic (exact) mass is 265 g/mol. The molecule has 19 heavy (non-hydrogen) atoms. The normalized spacial score (nSPS) is 28.3. The smallest absolute Gasteiger partial charge is 0.123 e. The lowest BCUT2D eigenvalue weighted by atomic mass is 9.96. The van der Waals surface area contributed by atoms with Crippen LogP contribution in [0.25, 0.3) is 0 Å². The van der Waals surface area contributed by atoms with E-state index in [1.807, 2.05) is 31.2 Å². The fourth-order valence-electron chi connectivity index (χ4n) is 2.47. The molecule has 4 heteroatoms. The van der Waals surface area contributed by atoms with Crippen LogP contribution in [0.2, 0.25) is 0 Å². The van der Waals surface area contributed by atoms with Crippen molar-refractivity contribution in [2.45, 2.75) is 38.0 Å². The number of methoxy groups -OCH3 is 1. The Kier molecular flexibility index (Phi) is 4.45. The number of benzene rings is 1. The molecule has 1 saturated heterocycles. The van der Waals surface area contributed by atoms with Gasteiger partial charge in [0.2, 0.25) is 0 Å². The van der Waals surface area contributed by atoms with Gasteiger partial charge in [0.15, 0.2) is 0 Å². The predicted molar refractivity (Wildman–Crippen MR) is 74.4 cm³/mol. The second kappa shape index (κ2) is 5.90. The Labute approximate surface area is 114 Å². The van der Waals surface area contributed by atoms with Crippen LogP contribution in [0.4, 0.5) is 0 Å². The zero-order valence-corrected chi connectivity index (χ0v) is 11.8. The average molecular weight is 265 g/mol. The van der Waals surface area contributed by atoms with Gasteiger partial charge in [0.1, 0.15) is 11.4 Å². The van der Waals surface area contributed by atoms with Crippen LogP contribution in [-0.4, -0.2) is 37.1 Å². The number of nitrogens with one attached hydrogen (secondary N) is 1. The molecule has 1 aromatic carbocycles. The van der Waals surface area contributed by atoms with Crippen molar-refractivity contribution in [2.75, 3.05) is 20.3 Å². The summed E-state index contributed by atoms with van der Waals surface area (Å²) < 4.78 is 10.8. The van der Waals surface area contributed by atoms with E-state index < -0.39 is 5.60 Å². The molecule has 1 aliphatic rings. The summed E-state index contributed by atoms with van der Waals surface area (Å²) in [4.78, 5) is 0. The van der Waals surface area contributed by atoms with Crippen LogP contribution in [-0.2, 0) is 4.74 Å². The Morgan fingerprint density at radius 1 is 1.53 bits per heavy atom. The van der Waals surface area contributed by atoms with Crippen molar-refractivity contribution >= 4 is 0 Å². The molecule has 3 unspecified atom stereocenters. The molecule has 3 atom stereocenters. The minimum atomic E-state index is -0.768. The van der Waals surface area contributed by atoms with Gasteiger partial charge in [-0.2, -0.15) is 0 Å². The highest BCUT2D eigenvalue weighted by Gasteiger charge is 2.39. The van der Waals surface area contributed by atoms with Crippen LogP contribution >= 0.6 is 0 Å². The first kappa shape index (κ1) is 14.3. The van der Waals surface area contributed by atoms with Gasteiger partial charge in [-0.05, 0) is 19.9 Å². The second-order valence-corrected chi connectivity index (χ2v) is 5.21. The van der Waals surface area contributed by atoms with Crippen LogP contribution in [0.15, 0.2) is 24.3 Å². The van der Waals surface area contributed by atoms with Gasteiger partial charge in [-0.3, -0.25) is 0 Å². The Morgan fingerprint density at radius 2 is 2.26 bits per heavy atom. The average Bonchev–Trinajstić information content (AvgIpc) is 2.76. The molecule has 0 aromatic heterocycles. The van der Waals surface area contributed by atoms with Crippen molar-refractivity contribution in [3.63, 3.8) is 0 Å². The standard InChI is InChI=1S/C15H23NO3/c1-11(13-6-4-5-7-14(13)18-3)16-10-15(17)8-9-19-12(15)2/h4-7,11-12,16-17H,8-10H2,1-3H3. The third-order valence-corrected chi connectivity index (χ3v) is 3.98. The van der Waals surface area contributed by atoms with Crippen LogP contribution in [0.1, 0.15) is 31.9 Å². The van der Waals surface area contributed by atoms with E-state index >= 15 is 0 Å². The van der Waals surface area contributed by atoms with Gasteiger partial charge in [0.05, 0.1) is 13.2 Å². The van der Waals surface area contributed by atoms with Gasteiger partial charge >= 0.3 is 0 Å².